The van der Waals surface area contributed by atoms with Gasteiger partial charge in [0, 0.05) is 47.8 Å². The zero-order valence-corrected chi connectivity index (χ0v) is 15.7. The molecule has 1 aromatic carbocycles. The van der Waals surface area contributed by atoms with Crippen LogP contribution in [0.4, 0.5) is 17.5 Å². The van der Waals surface area contributed by atoms with Crippen LogP contribution in [0.3, 0.4) is 0 Å². The van der Waals surface area contributed by atoms with Crippen molar-refractivity contribution in [2.75, 3.05) is 17.7 Å². The molecule has 144 valence electrons. The molecule has 0 fully saturated rings. The van der Waals surface area contributed by atoms with E-state index in [4.69, 9.17) is 4.74 Å². The number of rotatable bonds is 5. The molecule has 4 heterocycles. The van der Waals surface area contributed by atoms with Gasteiger partial charge in [-0.25, -0.2) is 14.8 Å². The second kappa shape index (κ2) is 6.90. The van der Waals surface area contributed by atoms with Gasteiger partial charge in [0.25, 0.3) is 0 Å². The van der Waals surface area contributed by atoms with Crippen LogP contribution in [0.5, 0.6) is 0 Å². The maximum Gasteiger partial charge on any atom is 0.338 e. The van der Waals surface area contributed by atoms with E-state index in [1.807, 2.05) is 43.6 Å². The number of carbonyl (C=O) groups excluding carboxylic acids is 1. The molecule has 1 aliphatic rings. The van der Waals surface area contributed by atoms with Crippen molar-refractivity contribution in [3.8, 4) is 0 Å². The molecule has 0 aliphatic carbocycles. The first-order chi connectivity index (χ1) is 14.2. The van der Waals surface area contributed by atoms with Gasteiger partial charge in [0.15, 0.2) is 0 Å². The fourth-order valence-electron chi connectivity index (χ4n) is 3.45. The lowest BCUT2D eigenvalue weighted by atomic mass is 10.1. The molecule has 0 atom stereocenters. The van der Waals surface area contributed by atoms with Gasteiger partial charge in [-0.15, -0.1) is 0 Å². The van der Waals surface area contributed by atoms with E-state index in [1.54, 1.807) is 18.5 Å². The maximum atomic E-state index is 11.8. The van der Waals surface area contributed by atoms with Gasteiger partial charge >= 0.3 is 5.97 Å². The zero-order valence-electron chi connectivity index (χ0n) is 15.7. The molecule has 0 bridgehead atoms. The summed E-state index contributed by atoms with van der Waals surface area (Å²) in [6.07, 6.45) is 5.53. The number of aromatic nitrogens is 4. The number of esters is 1. The Labute approximate surface area is 166 Å². The fourth-order valence-corrected chi connectivity index (χ4v) is 3.45. The third kappa shape index (κ3) is 3.14. The van der Waals surface area contributed by atoms with Crippen molar-refractivity contribution in [1.29, 1.82) is 0 Å². The number of ether oxygens (including phenoxy) is 1. The van der Waals surface area contributed by atoms with Crippen molar-refractivity contribution < 1.29 is 9.53 Å². The van der Waals surface area contributed by atoms with Crippen molar-refractivity contribution in [2.45, 2.75) is 13.2 Å². The van der Waals surface area contributed by atoms with Crippen molar-refractivity contribution >= 4 is 34.5 Å². The molecule has 0 unspecified atom stereocenters. The van der Waals surface area contributed by atoms with E-state index in [-0.39, 0.29) is 5.97 Å². The van der Waals surface area contributed by atoms with Crippen molar-refractivity contribution in [3.05, 3.63) is 71.7 Å². The van der Waals surface area contributed by atoms with Gasteiger partial charge in [0.1, 0.15) is 18.1 Å². The summed E-state index contributed by atoms with van der Waals surface area (Å²) in [5.74, 6) is 1.00. The van der Waals surface area contributed by atoms with E-state index < -0.39 is 0 Å². The smallest absolute Gasteiger partial charge is 0.338 e. The molecule has 3 aromatic heterocycles. The highest BCUT2D eigenvalue weighted by molar-refractivity contribution is 5.94. The van der Waals surface area contributed by atoms with Crippen molar-refractivity contribution in [2.24, 2.45) is 0 Å². The van der Waals surface area contributed by atoms with Crippen LogP contribution in [0.25, 0.3) is 11.0 Å². The molecule has 0 saturated heterocycles. The van der Waals surface area contributed by atoms with Crippen LogP contribution in [-0.4, -0.2) is 32.5 Å². The van der Waals surface area contributed by atoms with Gasteiger partial charge in [-0.3, -0.25) is 0 Å². The third-order valence-electron chi connectivity index (χ3n) is 4.92. The minimum Gasteiger partial charge on any atom is -0.457 e. The largest absolute Gasteiger partial charge is 0.457 e. The predicted molar refractivity (Wildman–Crippen MR) is 109 cm³/mol. The summed E-state index contributed by atoms with van der Waals surface area (Å²) < 4.78 is 7.11. The summed E-state index contributed by atoms with van der Waals surface area (Å²) in [5.41, 5.74) is 4.09. The highest BCUT2D eigenvalue weighted by atomic mass is 16.5. The lowest BCUT2D eigenvalue weighted by Crippen LogP contribution is -2.05. The molecule has 29 heavy (non-hydrogen) atoms. The van der Waals surface area contributed by atoms with Crippen LogP contribution >= 0.6 is 0 Å². The number of fused-ring (bicyclic) bond motifs is 2. The van der Waals surface area contributed by atoms with Gasteiger partial charge in [0.05, 0.1) is 12.1 Å². The normalized spacial score (nSPS) is 12.7. The molecular formula is C21H18N6O2. The van der Waals surface area contributed by atoms with E-state index in [9.17, 15) is 4.79 Å². The average Bonchev–Trinajstić information content (AvgIpc) is 3.32. The molecule has 0 saturated carbocycles. The number of hydrogen-bond donors (Lipinski definition) is 2. The highest BCUT2D eigenvalue weighted by Gasteiger charge is 2.21. The Hall–Kier alpha value is -3.94. The Bertz CT molecular complexity index is 1230. The molecule has 1 aliphatic heterocycles. The Morgan fingerprint density at radius 2 is 2.14 bits per heavy atom. The molecule has 0 spiro atoms. The number of carbonyl (C=O) groups is 1. The van der Waals surface area contributed by atoms with Crippen LogP contribution in [-0.2, 0) is 17.9 Å². The highest BCUT2D eigenvalue weighted by Crippen LogP contribution is 2.25. The van der Waals surface area contributed by atoms with Gasteiger partial charge in [-0.2, -0.15) is 4.98 Å². The number of anilines is 3. The molecule has 2 N–H and O–H groups in total. The van der Waals surface area contributed by atoms with E-state index in [2.05, 4.69) is 30.2 Å². The number of nitrogens with zero attached hydrogens (tertiary/aromatic N) is 4. The first kappa shape index (κ1) is 17.2. The Morgan fingerprint density at radius 1 is 1.21 bits per heavy atom. The number of pyridine rings is 1. The molecule has 0 radical (unpaired) electrons. The number of hydrogen-bond acceptors (Lipinski definition) is 7. The first-order valence-electron chi connectivity index (χ1n) is 9.22. The van der Waals surface area contributed by atoms with Gasteiger partial charge in [-0.05, 0) is 24.3 Å². The second-order valence-electron chi connectivity index (χ2n) is 6.75. The van der Waals surface area contributed by atoms with Crippen molar-refractivity contribution in [1.82, 2.24) is 19.5 Å². The summed E-state index contributed by atoms with van der Waals surface area (Å²) in [5, 5.41) is 7.25. The van der Waals surface area contributed by atoms with Crippen LogP contribution < -0.4 is 10.6 Å². The summed E-state index contributed by atoms with van der Waals surface area (Å²) >= 11 is 0. The summed E-state index contributed by atoms with van der Waals surface area (Å²) in [7, 11) is 1.86. The van der Waals surface area contributed by atoms with Gasteiger partial charge in [-0.1, -0.05) is 12.1 Å². The monoisotopic (exact) mass is 386 g/mol. The minimum absolute atomic E-state index is 0.300. The van der Waals surface area contributed by atoms with E-state index in [1.165, 1.54) is 0 Å². The van der Waals surface area contributed by atoms with Gasteiger partial charge in [0.2, 0.25) is 5.95 Å². The first-order valence-corrected chi connectivity index (χ1v) is 9.22. The van der Waals surface area contributed by atoms with E-state index >= 15 is 0 Å². The number of cyclic esters (lactones) is 1. The van der Waals surface area contributed by atoms with Crippen LogP contribution in [0.2, 0.25) is 0 Å². The van der Waals surface area contributed by atoms with E-state index in [0.717, 1.165) is 33.7 Å². The second-order valence-corrected chi connectivity index (χ2v) is 6.75. The Kier molecular flexibility index (Phi) is 4.09. The quantitative estimate of drug-likeness (QED) is 0.508. The topological polar surface area (TPSA) is 94.0 Å². The molecule has 4 aromatic rings. The SMILES string of the molecule is CNc1ncccc1Cn1ccc2cnc(Nc3ccc4c(c3)C(=O)OC4)nc21. The molecule has 5 rings (SSSR count). The van der Waals surface area contributed by atoms with E-state index in [0.29, 0.717) is 24.7 Å². The minimum atomic E-state index is -0.300. The lowest BCUT2D eigenvalue weighted by Gasteiger charge is -2.10. The fraction of sp³-hybridized carbons (Fsp3) is 0.143. The van der Waals surface area contributed by atoms with Crippen LogP contribution in [0, 0.1) is 0 Å². The Morgan fingerprint density at radius 3 is 3.03 bits per heavy atom. The summed E-state index contributed by atoms with van der Waals surface area (Å²) in [6.45, 7) is 0.960. The Balaban J connectivity index is 1.45. The van der Waals surface area contributed by atoms with Crippen molar-refractivity contribution in [3.63, 3.8) is 0 Å². The summed E-state index contributed by atoms with van der Waals surface area (Å²) in [4.78, 5) is 25.2. The standard InChI is InChI=1S/C21H18N6O2/c1-22-18-14(3-2-7-23-18)11-27-8-6-13-10-24-21(26-19(13)27)25-16-5-4-15-12-29-20(28)17(15)9-16/h2-10H,11-12H2,1H3,(H,22,23)(H,24,25,26). The van der Waals surface area contributed by atoms with Crippen LogP contribution in [0.1, 0.15) is 21.5 Å². The summed E-state index contributed by atoms with van der Waals surface area (Å²) in [6, 6.07) is 11.5. The third-order valence-corrected chi connectivity index (χ3v) is 4.92. The van der Waals surface area contributed by atoms with Crippen LogP contribution in [0.15, 0.2) is 55.0 Å². The lowest BCUT2D eigenvalue weighted by molar-refractivity contribution is 0.0535. The predicted octanol–water partition coefficient (Wildman–Crippen LogP) is 3.33. The number of benzene rings is 1. The maximum absolute atomic E-state index is 11.8. The molecule has 8 heteroatoms. The average molecular weight is 386 g/mol. The molecular weight excluding hydrogens is 368 g/mol. The molecule has 8 nitrogen and oxygen atoms in total. The molecule has 0 amide bonds. The van der Waals surface area contributed by atoms with Gasteiger partial charge < -0.3 is 19.9 Å². The number of nitrogens with one attached hydrogen (secondary N) is 2. The zero-order chi connectivity index (χ0) is 19.8.